The maximum Gasteiger partial charge on any atom is 0.310 e. The Bertz CT molecular complexity index is 1060. The van der Waals surface area contributed by atoms with Crippen molar-refractivity contribution in [2.75, 3.05) is 18.1 Å². The molecule has 1 heterocycles. The Hall–Kier alpha value is -2.87. The molecule has 2 aromatic carbocycles. The summed E-state index contributed by atoms with van der Waals surface area (Å²) >= 11 is 0. The Labute approximate surface area is 151 Å². The number of rotatable bonds is 7. The lowest BCUT2D eigenvalue weighted by molar-refractivity contribution is -0.386. The maximum absolute atomic E-state index is 11.8. The van der Waals surface area contributed by atoms with Crippen LogP contribution >= 0.6 is 0 Å². The van der Waals surface area contributed by atoms with E-state index in [9.17, 15) is 18.5 Å². The molecule has 0 aliphatic carbocycles. The normalized spacial score (nSPS) is 11.6. The number of nitrogens with zero attached hydrogens (tertiary/aromatic N) is 1. The highest BCUT2D eigenvalue weighted by Gasteiger charge is 2.25. The highest BCUT2D eigenvalue weighted by atomic mass is 32.2. The second-order valence-electron chi connectivity index (χ2n) is 6.07. The Kier molecular flexibility index (Phi) is 4.94. The molecule has 7 nitrogen and oxygen atoms in total. The van der Waals surface area contributed by atoms with Crippen LogP contribution < -0.4 is 5.32 Å². The number of aromatic nitrogens is 1. The predicted molar refractivity (Wildman–Crippen MR) is 101 cm³/mol. The zero-order chi connectivity index (χ0) is 18.7. The van der Waals surface area contributed by atoms with Gasteiger partial charge in [-0.1, -0.05) is 24.3 Å². The van der Waals surface area contributed by atoms with E-state index < -0.39 is 20.4 Å². The summed E-state index contributed by atoms with van der Waals surface area (Å²) in [5, 5.41) is 15.5. The molecule has 0 aliphatic heterocycles. The third-order valence-electron chi connectivity index (χ3n) is 4.19. The molecular formula is C18H19N3O4S. The van der Waals surface area contributed by atoms with Gasteiger partial charge in [0.2, 0.25) is 0 Å². The minimum atomic E-state index is -3.68. The van der Waals surface area contributed by atoms with Crippen LogP contribution in [-0.2, 0) is 16.3 Å². The molecule has 136 valence electrons. The molecule has 0 fully saturated rings. The number of para-hydroxylation sites is 2. The number of hydrogen-bond donors (Lipinski definition) is 2. The van der Waals surface area contributed by atoms with Crippen molar-refractivity contribution < 1.29 is 13.3 Å². The molecule has 0 saturated heterocycles. The molecule has 1 aromatic heterocycles. The number of fused-ring (bicyclic) bond motifs is 1. The van der Waals surface area contributed by atoms with Gasteiger partial charge in [0.05, 0.1) is 4.92 Å². The predicted octanol–water partition coefficient (Wildman–Crippen LogP) is 3.52. The second kappa shape index (κ2) is 7.17. The van der Waals surface area contributed by atoms with Crippen molar-refractivity contribution in [2.24, 2.45) is 0 Å². The summed E-state index contributed by atoms with van der Waals surface area (Å²) in [4.78, 5) is 13.6. The van der Waals surface area contributed by atoms with Crippen LogP contribution in [0.15, 0.2) is 53.6 Å². The van der Waals surface area contributed by atoms with Crippen LogP contribution in [0.1, 0.15) is 12.0 Å². The van der Waals surface area contributed by atoms with Crippen LogP contribution in [0.25, 0.3) is 10.9 Å². The SMILES string of the molecule is CS(=O)(=O)c1cccc(NCCCc2c[nH]c3ccccc23)c1[N+](=O)[O-]. The molecule has 2 N–H and O–H groups in total. The monoisotopic (exact) mass is 373 g/mol. The van der Waals surface area contributed by atoms with E-state index in [-0.39, 0.29) is 10.6 Å². The summed E-state index contributed by atoms with van der Waals surface area (Å²) in [5.41, 5.74) is 2.08. The number of aromatic amines is 1. The van der Waals surface area contributed by atoms with E-state index in [0.717, 1.165) is 30.0 Å². The molecular weight excluding hydrogens is 354 g/mol. The number of hydrogen-bond acceptors (Lipinski definition) is 5. The van der Waals surface area contributed by atoms with Gasteiger partial charge < -0.3 is 10.3 Å². The standard InChI is InChI=1S/C18H19N3O4S/c1-26(24,25)17-10-4-9-16(18(17)21(22)23)19-11-5-6-13-12-20-15-8-3-2-7-14(13)15/h2-4,7-10,12,19-20H,5-6,11H2,1H3. The fourth-order valence-corrected chi connectivity index (χ4v) is 3.85. The average Bonchev–Trinajstić information content (AvgIpc) is 3.01. The lowest BCUT2D eigenvalue weighted by Gasteiger charge is -2.09. The van der Waals surface area contributed by atoms with Gasteiger partial charge in [0.25, 0.3) is 0 Å². The van der Waals surface area contributed by atoms with Gasteiger partial charge in [0.1, 0.15) is 10.6 Å². The van der Waals surface area contributed by atoms with Crippen LogP contribution in [0, 0.1) is 10.1 Å². The number of benzene rings is 2. The molecule has 0 spiro atoms. The van der Waals surface area contributed by atoms with E-state index in [1.54, 1.807) is 0 Å². The molecule has 3 rings (SSSR count). The Morgan fingerprint density at radius 3 is 2.65 bits per heavy atom. The van der Waals surface area contributed by atoms with Gasteiger partial charge in [-0.2, -0.15) is 0 Å². The van der Waals surface area contributed by atoms with Gasteiger partial charge >= 0.3 is 5.69 Å². The molecule has 0 atom stereocenters. The lowest BCUT2D eigenvalue weighted by atomic mass is 10.1. The summed E-state index contributed by atoms with van der Waals surface area (Å²) in [6.45, 7) is 0.494. The number of sulfone groups is 1. The Balaban J connectivity index is 1.71. The zero-order valence-corrected chi connectivity index (χ0v) is 15.0. The summed E-state index contributed by atoms with van der Waals surface area (Å²) in [7, 11) is -3.68. The quantitative estimate of drug-likeness (QED) is 0.374. The maximum atomic E-state index is 11.8. The Morgan fingerprint density at radius 1 is 1.15 bits per heavy atom. The molecule has 0 saturated carbocycles. The van der Waals surface area contributed by atoms with E-state index in [0.29, 0.717) is 6.54 Å². The summed E-state index contributed by atoms with van der Waals surface area (Å²) < 4.78 is 23.6. The smallest absolute Gasteiger partial charge is 0.310 e. The molecule has 8 heteroatoms. The minimum absolute atomic E-state index is 0.219. The molecule has 0 bridgehead atoms. The van der Waals surface area contributed by atoms with Crippen LogP contribution in [0.5, 0.6) is 0 Å². The van der Waals surface area contributed by atoms with Gasteiger partial charge in [-0.3, -0.25) is 10.1 Å². The highest BCUT2D eigenvalue weighted by Crippen LogP contribution is 2.32. The lowest BCUT2D eigenvalue weighted by Crippen LogP contribution is -2.09. The molecule has 0 amide bonds. The van der Waals surface area contributed by atoms with Gasteiger partial charge in [-0.05, 0) is 36.6 Å². The summed E-state index contributed by atoms with van der Waals surface area (Å²) in [6, 6.07) is 12.3. The third kappa shape index (κ3) is 3.70. The van der Waals surface area contributed by atoms with Gasteiger partial charge in [-0.25, -0.2) is 8.42 Å². The van der Waals surface area contributed by atoms with Crippen LogP contribution in [0.4, 0.5) is 11.4 Å². The van der Waals surface area contributed by atoms with E-state index in [1.165, 1.54) is 23.8 Å². The van der Waals surface area contributed by atoms with E-state index >= 15 is 0 Å². The first-order valence-corrected chi connectivity index (χ1v) is 10.0. The van der Waals surface area contributed by atoms with E-state index in [2.05, 4.69) is 16.4 Å². The molecule has 0 unspecified atom stereocenters. The van der Waals surface area contributed by atoms with Crippen molar-refractivity contribution in [1.82, 2.24) is 4.98 Å². The zero-order valence-electron chi connectivity index (χ0n) is 14.2. The van der Waals surface area contributed by atoms with Crippen molar-refractivity contribution in [3.8, 4) is 0 Å². The summed E-state index contributed by atoms with van der Waals surface area (Å²) in [6.07, 6.45) is 4.49. The molecule has 0 radical (unpaired) electrons. The fraction of sp³-hybridized carbons (Fsp3) is 0.222. The van der Waals surface area contributed by atoms with Gasteiger partial charge in [0, 0.05) is 29.9 Å². The third-order valence-corrected chi connectivity index (χ3v) is 5.32. The number of anilines is 1. The molecule has 3 aromatic rings. The first kappa shape index (κ1) is 17.9. The van der Waals surface area contributed by atoms with Crippen LogP contribution in [0.2, 0.25) is 0 Å². The number of nitro groups is 1. The van der Waals surface area contributed by atoms with Crippen molar-refractivity contribution in [3.05, 3.63) is 64.3 Å². The topological polar surface area (TPSA) is 105 Å². The number of nitrogens with one attached hydrogen (secondary N) is 2. The number of H-pyrrole nitrogens is 1. The van der Waals surface area contributed by atoms with E-state index in [1.807, 2.05) is 24.4 Å². The van der Waals surface area contributed by atoms with Gasteiger partial charge in [0.15, 0.2) is 9.84 Å². The van der Waals surface area contributed by atoms with Crippen LogP contribution in [0.3, 0.4) is 0 Å². The van der Waals surface area contributed by atoms with Crippen molar-refractivity contribution in [1.29, 1.82) is 0 Å². The second-order valence-corrected chi connectivity index (χ2v) is 8.06. The average molecular weight is 373 g/mol. The van der Waals surface area contributed by atoms with Crippen molar-refractivity contribution in [3.63, 3.8) is 0 Å². The molecule has 0 aliphatic rings. The first-order valence-electron chi connectivity index (χ1n) is 8.14. The highest BCUT2D eigenvalue weighted by molar-refractivity contribution is 7.90. The number of nitro benzene ring substituents is 1. The summed E-state index contributed by atoms with van der Waals surface area (Å²) in [5.74, 6) is 0. The van der Waals surface area contributed by atoms with Crippen molar-refractivity contribution in [2.45, 2.75) is 17.7 Å². The van der Waals surface area contributed by atoms with E-state index in [4.69, 9.17) is 0 Å². The fourth-order valence-electron chi connectivity index (χ4n) is 2.99. The van der Waals surface area contributed by atoms with Crippen molar-refractivity contribution >= 4 is 32.1 Å². The van der Waals surface area contributed by atoms with Crippen LogP contribution in [-0.4, -0.2) is 31.1 Å². The molecule has 26 heavy (non-hydrogen) atoms. The largest absolute Gasteiger partial charge is 0.379 e. The first-order chi connectivity index (χ1) is 12.4. The minimum Gasteiger partial charge on any atom is -0.379 e. The van der Waals surface area contributed by atoms with Gasteiger partial charge in [-0.15, -0.1) is 0 Å². The Morgan fingerprint density at radius 2 is 1.92 bits per heavy atom. The number of aryl methyl sites for hydroxylation is 1.